The Morgan fingerprint density at radius 3 is 2.20 bits per heavy atom. The molecule has 6 nitrogen and oxygen atoms in total. The van der Waals surface area contributed by atoms with Crippen LogP contribution in [0, 0.1) is 0 Å². The zero-order valence-corrected chi connectivity index (χ0v) is 9.25. The summed E-state index contributed by atoms with van der Waals surface area (Å²) in [5.74, 6) is 0. The number of nitrogens with one attached hydrogen (secondary N) is 1. The minimum atomic E-state index is -0.736. The monoisotopic (exact) mass is 217 g/mol. The molecule has 88 valence electrons. The highest BCUT2D eigenvalue weighted by Crippen LogP contribution is 2.13. The highest BCUT2D eigenvalue weighted by molar-refractivity contribution is 5.10. The van der Waals surface area contributed by atoms with Crippen molar-refractivity contribution >= 4 is 0 Å². The molecule has 1 aliphatic rings. The molecule has 0 saturated carbocycles. The number of aliphatic hydroxyl groups is 3. The fourth-order valence-corrected chi connectivity index (χ4v) is 1.28. The first-order chi connectivity index (χ1) is 6.91. The van der Waals surface area contributed by atoms with E-state index < -0.39 is 18.6 Å². The smallest absolute Gasteiger partial charge is 0.138 e. The quantitative estimate of drug-likeness (QED) is 0.484. The van der Waals surface area contributed by atoms with E-state index in [9.17, 15) is 15.3 Å². The van der Waals surface area contributed by atoms with Gasteiger partial charge in [-0.2, -0.15) is 10.5 Å². The maximum atomic E-state index is 9.46. The highest BCUT2D eigenvalue weighted by atomic mass is 16.3. The molecule has 0 aromatic heterocycles. The third-order valence-corrected chi connectivity index (χ3v) is 2.29. The van der Waals surface area contributed by atoms with Crippen LogP contribution in [-0.4, -0.2) is 50.4 Å². The van der Waals surface area contributed by atoms with Crippen molar-refractivity contribution in [3.63, 3.8) is 0 Å². The predicted octanol–water partition coefficient (Wildman–Crippen LogP) is -1.04. The molecule has 0 bridgehead atoms. The highest BCUT2D eigenvalue weighted by Gasteiger charge is 2.24. The summed E-state index contributed by atoms with van der Waals surface area (Å²) in [7, 11) is 0. The maximum Gasteiger partial charge on any atom is 0.138 e. The van der Waals surface area contributed by atoms with Gasteiger partial charge >= 0.3 is 0 Å². The standard InChI is InChI=1S/C9H19N3O3/c1-6(13)9-4-11(7(2)14)10-12(5-9)8(3)15/h4,6-8,10,13-15H,5H2,1-3H3. The van der Waals surface area contributed by atoms with E-state index in [1.807, 2.05) is 0 Å². The average molecular weight is 217 g/mol. The Kier molecular flexibility index (Phi) is 4.06. The third kappa shape index (κ3) is 3.15. The van der Waals surface area contributed by atoms with Crippen molar-refractivity contribution in [2.24, 2.45) is 0 Å². The lowest BCUT2D eigenvalue weighted by Crippen LogP contribution is -2.58. The van der Waals surface area contributed by atoms with Crippen LogP contribution in [0.3, 0.4) is 0 Å². The lowest BCUT2D eigenvalue weighted by Gasteiger charge is -2.39. The first kappa shape index (κ1) is 12.4. The van der Waals surface area contributed by atoms with E-state index >= 15 is 0 Å². The molecule has 0 radical (unpaired) electrons. The number of hydrogen-bond donors (Lipinski definition) is 4. The van der Waals surface area contributed by atoms with Crippen LogP contribution in [0.5, 0.6) is 0 Å². The van der Waals surface area contributed by atoms with E-state index in [0.717, 1.165) is 5.57 Å². The Morgan fingerprint density at radius 2 is 1.80 bits per heavy atom. The fourth-order valence-electron chi connectivity index (χ4n) is 1.28. The van der Waals surface area contributed by atoms with Crippen LogP contribution in [0.15, 0.2) is 11.8 Å². The van der Waals surface area contributed by atoms with Crippen LogP contribution < -0.4 is 5.53 Å². The Labute approximate surface area is 89.4 Å². The number of aliphatic hydroxyl groups excluding tert-OH is 3. The second kappa shape index (κ2) is 4.91. The van der Waals surface area contributed by atoms with E-state index in [2.05, 4.69) is 5.53 Å². The Balaban J connectivity index is 2.79. The second-order valence-corrected chi connectivity index (χ2v) is 3.78. The number of rotatable bonds is 3. The lowest BCUT2D eigenvalue weighted by atomic mass is 10.1. The van der Waals surface area contributed by atoms with Crippen LogP contribution in [-0.2, 0) is 0 Å². The Morgan fingerprint density at radius 1 is 1.20 bits per heavy atom. The summed E-state index contributed by atoms with van der Waals surface area (Å²) in [5, 5.41) is 31.2. The summed E-state index contributed by atoms with van der Waals surface area (Å²) in [6.45, 7) is 5.27. The summed E-state index contributed by atoms with van der Waals surface area (Å²) < 4.78 is 0. The molecular weight excluding hydrogens is 198 g/mol. The molecule has 0 aromatic carbocycles. The first-order valence-electron chi connectivity index (χ1n) is 4.98. The summed E-state index contributed by atoms with van der Waals surface area (Å²) in [6.07, 6.45) is -0.391. The van der Waals surface area contributed by atoms with Gasteiger partial charge in [0.1, 0.15) is 12.5 Å². The SMILES string of the molecule is CC(O)C1=CN(C(C)O)NN(C(C)O)C1. The van der Waals surface area contributed by atoms with Crippen molar-refractivity contribution in [1.29, 1.82) is 0 Å². The van der Waals surface area contributed by atoms with Crippen molar-refractivity contribution in [2.75, 3.05) is 6.54 Å². The number of hydrogen-bond acceptors (Lipinski definition) is 6. The van der Waals surface area contributed by atoms with Gasteiger partial charge in [0.05, 0.1) is 6.10 Å². The predicted molar refractivity (Wildman–Crippen MR) is 54.8 cm³/mol. The normalized spacial score (nSPS) is 24.7. The van der Waals surface area contributed by atoms with Crippen molar-refractivity contribution in [3.05, 3.63) is 11.8 Å². The summed E-state index contributed by atoms with van der Waals surface area (Å²) in [4.78, 5) is 0. The lowest BCUT2D eigenvalue weighted by molar-refractivity contribution is -0.118. The van der Waals surface area contributed by atoms with Gasteiger partial charge in [-0.1, -0.05) is 0 Å². The van der Waals surface area contributed by atoms with Gasteiger partial charge in [-0.25, -0.2) is 0 Å². The molecule has 1 heterocycles. The molecule has 1 rings (SSSR count). The van der Waals surface area contributed by atoms with E-state index in [1.165, 1.54) is 10.0 Å². The fraction of sp³-hybridized carbons (Fsp3) is 0.778. The molecule has 6 heteroatoms. The van der Waals surface area contributed by atoms with Crippen molar-refractivity contribution in [1.82, 2.24) is 15.6 Å². The van der Waals surface area contributed by atoms with Crippen molar-refractivity contribution in [3.8, 4) is 0 Å². The topological polar surface area (TPSA) is 79.2 Å². The molecular formula is C9H19N3O3. The molecule has 0 saturated heterocycles. The van der Waals surface area contributed by atoms with Gasteiger partial charge in [0.15, 0.2) is 0 Å². The average Bonchev–Trinajstić information content (AvgIpc) is 2.16. The molecule has 3 atom stereocenters. The Bertz CT molecular complexity index is 241. The van der Waals surface area contributed by atoms with Crippen LogP contribution in [0.1, 0.15) is 20.8 Å². The van der Waals surface area contributed by atoms with Gasteiger partial charge in [0.2, 0.25) is 0 Å². The molecule has 1 aliphatic heterocycles. The van der Waals surface area contributed by atoms with E-state index in [1.54, 1.807) is 27.0 Å². The largest absolute Gasteiger partial charge is 0.389 e. The minimum Gasteiger partial charge on any atom is -0.389 e. The van der Waals surface area contributed by atoms with Crippen molar-refractivity contribution in [2.45, 2.75) is 39.3 Å². The van der Waals surface area contributed by atoms with Gasteiger partial charge in [-0.05, 0) is 26.3 Å². The van der Waals surface area contributed by atoms with E-state index in [0.29, 0.717) is 6.54 Å². The second-order valence-electron chi connectivity index (χ2n) is 3.78. The molecule has 0 aliphatic carbocycles. The summed E-state index contributed by atoms with van der Waals surface area (Å²) >= 11 is 0. The third-order valence-electron chi connectivity index (χ3n) is 2.29. The molecule has 0 spiro atoms. The number of nitrogens with zero attached hydrogens (tertiary/aromatic N) is 2. The summed E-state index contributed by atoms with van der Waals surface area (Å²) in [6, 6.07) is 0. The zero-order valence-electron chi connectivity index (χ0n) is 9.25. The van der Waals surface area contributed by atoms with Gasteiger partial charge in [0.25, 0.3) is 0 Å². The molecule has 4 N–H and O–H groups in total. The molecule has 0 amide bonds. The molecule has 15 heavy (non-hydrogen) atoms. The first-order valence-corrected chi connectivity index (χ1v) is 4.98. The van der Waals surface area contributed by atoms with Crippen LogP contribution >= 0.6 is 0 Å². The van der Waals surface area contributed by atoms with E-state index in [4.69, 9.17) is 0 Å². The van der Waals surface area contributed by atoms with Crippen molar-refractivity contribution < 1.29 is 15.3 Å². The van der Waals surface area contributed by atoms with E-state index in [-0.39, 0.29) is 0 Å². The molecule has 0 aromatic rings. The molecule has 0 fully saturated rings. The van der Waals surface area contributed by atoms with Gasteiger partial charge in [-0.3, -0.25) is 5.01 Å². The van der Waals surface area contributed by atoms with Crippen LogP contribution in [0.2, 0.25) is 0 Å². The maximum absolute atomic E-state index is 9.46. The van der Waals surface area contributed by atoms with Gasteiger partial charge in [-0.15, -0.1) is 0 Å². The van der Waals surface area contributed by atoms with Crippen LogP contribution in [0.25, 0.3) is 0 Å². The molecule has 3 unspecified atom stereocenters. The minimum absolute atomic E-state index is 0.415. The summed E-state index contributed by atoms with van der Waals surface area (Å²) in [5.41, 5.74) is 3.55. The Hall–Kier alpha value is -0.660. The zero-order chi connectivity index (χ0) is 11.6. The number of hydrazine groups is 2. The van der Waals surface area contributed by atoms with Gasteiger partial charge < -0.3 is 15.3 Å². The van der Waals surface area contributed by atoms with Crippen LogP contribution in [0.4, 0.5) is 0 Å². The van der Waals surface area contributed by atoms with Gasteiger partial charge in [0, 0.05) is 12.7 Å².